The summed E-state index contributed by atoms with van der Waals surface area (Å²) in [5.74, 6) is 2.15. The van der Waals surface area contributed by atoms with E-state index in [9.17, 15) is 0 Å². The largest absolute Gasteiger partial charge is 0.497 e. The first-order valence-corrected chi connectivity index (χ1v) is 6.76. The molecular weight excluding hydrogens is 254 g/mol. The number of aromatic nitrogens is 2. The third kappa shape index (κ3) is 3.36. The van der Waals surface area contributed by atoms with Crippen LogP contribution in [-0.4, -0.2) is 23.8 Å². The normalized spacial score (nSPS) is 11.6. The monoisotopic (exact) mass is 275 g/mol. The molecule has 108 valence electrons. The second-order valence-corrected chi connectivity index (χ2v) is 5.20. The van der Waals surface area contributed by atoms with Gasteiger partial charge in [-0.2, -0.15) is 4.98 Å². The molecule has 0 unspecified atom stereocenters. The Morgan fingerprint density at radius 3 is 2.55 bits per heavy atom. The van der Waals surface area contributed by atoms with E-state index in [4.69, 9.17) is 9.26 Å². The summed E-state index contributed by atoms with van der Waals surface area (Å²) in [6.07, 6.45) is 0.649. The maximum absolute atomic E-state index is 5.35. The van der Waals surface area contributed by atoms with Crippen molar-refractivity contribution in [2.75, 3.05) is 13.7 Å². The maximum Gasteiger partial charge on any atom is 0.246 e. The Balaban J connectivity index is 2.09. The highest BCUT2D eigenvalue weighted by atomic mass is 16.5. The van der Waals surface area contributed by atoms with Crippen LogP contribution in [0.4, 0.5) is 0 Å². The highest BCUT2D eigenvalue weighted by Gasteiger charge is 2.26. The van der Waals surface area contributed by atoms with Crippen molar-refractivity contribution in [1.82, 2.24) is 15.5 Å². The Morgan fingerprint density at radius 2 is 1.95 bits per heavy atom. The zero-order chi connectivity index (χ0) is 14.6. The minimum atomic E-state index is -0.306. The van der Waals surface area contributed by atoms with Crippen LogP contribution in [0, 0.1) is 0 Å². The molecule has 20 heavy (non-hydrogen) atoms. The summed E-state index contributed by atoms with van der Waals surface area (Å²) in [6.45, 7) is 6.96. The van der Waals surface area contributed by atoms with Gasteiger partial charge in [0.15, 0.2) is 5.82 Å². The van der Waals surface area contributed by atoms with E-state index in [2.05, 4.69) is 22.4 Å². The molecule has 0 aliphatic carbocycles. The maximum atomic E-state index is 5.35. The van der Waals surface area contributed by atoms with Crippen LogP contribution in [0.5, 0.6) is 5.75 Å². The lowest BCUT2D eigenvalue weighted by atomic mass is 10.1. The molecule has 2 rings (SSSR count). The lowest BCUT2D eigenvalue weighted by Crippen LogP contribution is -2.36. The second-order valence-electron chi connectivity index (χ2n) is 5.20. The standard InChI is InChI=1S/C15H21N3O2/c1-5-16-15(2,3)14-17-13(18-20-14)10-11-6-8-12(19-4)9-7-11/h6-9,16H,5,10H2,1-4H3. The molecule has 0 radical (unpaired) electrons. The first kappa shape index (κ1) is 14.5. The lowest BCUT2D eigenvalue weighted by Gasteiger charge is -2.20. The number of nitrogens with zero attached hydrogens (tertiary/aromatic N) is 2. The van der Waals surface area contributed by atoms with Crippen LogP contribution in [-0.2, 0) is 12.0 Å². The molecule has 1 heterocycles. The van der Waals surface area contributed by atoms with Crippen LogP contribution >= 0.6 is 0 Å². The van der Waals surface area contributed by atoms with Gasteiger partial charge >= 0.3 is 0 Å². The Kier molecular flexibility index (Phi) is 4.39. The van der Waals surface area contributed by atoms with Crippen molar-refractivity contribution >= 4 is 0 Å². The van der Waals surface area contributed by atoms with Gasteiger partial charge in [-0.1, -0.05) is 24.2 Å². The van der Waals surface area contributed by atoms with Crippen molar-refractivity contribution in [1.29, 1.82) is 0 Å². The van der Waals surface area contributed by atoms with Crippen LogP contribution in [0.3, 0.4) is 0 Å². The minimum absolute atomic E-state index is 0.306. The minimum Gasteiger partial charge on any atom is -0.497 e. The van der Waals surface area contributed by atoms with Crippen LogP contribution in [0.15, 0.2) is 28.8 Å². The first-order valence-electron chi connectivity index (χ1n) is 6.76. The van der Waals surface area contributed by atoms with Crippen LogP contribution in [0.2, 0.25) is 0 Å². The van der Waals surface area contributed by atoms with Gasteiger partial charge in [-0.15, -0.1) is 0 Å². The van der Waals surface area contributed by atoms with Gasteiger partial charge in [-0.25, -0.2) is 0 Å². The van der Waals surface area contributed by atoms with E-state index in [1.165, 1.54) is 0 Å². The smallest absolute Gasteiger partial charge is 0.246 e. The van der Waals surface area contributed by atoms with Crippen molar-refractivity contribution in [3.8, 4) is 5.75 Å². The zero-order valence-electron chi connectivity index (χ0n) is 12.4. The van der Waals surface area contributed by atoms with Crippen molar-refractivity contribution in [2.24, 2.45) is 0 Å². The van der Waals surface area contributed by atoms with Gasteiger partial charge in [0.05, 0.1) is 12.6 Å². The third-order valence-corrected chi connectivity index (χ3v) is 3.14. The van der Waals surface area contributed by atoms with Crippen molar-refractivity contribution in [3.05, 3.63) is 41.5 Å². The van der Waals surface area contributed by atoms with E-state index < -0.39 is 0 Å². The molecule has 1 aromatic heterocycles. The van der Waals surface area contributed by atoms with E-state index in [-0.39, 0.29) is 5.54 Å². The quantitative estimate of drug-likeness (QED) is 0.877. The Bertz CT molecular complexity index is 547. The predicted molar refractivity (Wildman–Crippen MR) is 76.8 cm³/mol. The molecule has 5 nitrogen and oxygen atoms in total. The number of hydrogen-bond donors (Lipinski definition) is 1. The number of ether oxygens (including phenoxy) is 1. The Morgan fingerprint density at radius 1 is 1.25 bits per heavy atom. The second kappa shape index (κ2) is 6.05. The molecule has 0 aliphatic rings. The molecule has 0 bridgehead atoms. The van der Waals surface area contributed by atoms with Crippen molar-refractivity contribution in [3.63, 3.8) is 0 Å². The summed E-state index contributed by atoms with van der Waals surface area (Å²) in [5.41, 5.74) is 0.819. The van der Waals surface area contributed by atoms with Gasteiger partial charge in [-0.3, -0.25) is 0 Å². The average molecular weight is 275 g/mol. The summed E-state index contributed by atoms with van der Waals surface area (Å²) in [4.78, 5) is 4.47. The molecule has 0 fully saturated rings. The number of hydrogen-bond acceptors (Lipinski definition) is 5. The number of nitrogens with one attached hydrogen (secondary N) is 1. The molecule has 0 spiro atoms. The fourth-order valence-electron chi connectivity index (χ4n) is 2.02. The van der Waals surface area contributed by atoms with E-state index in [0.29, 0.717) is 18.1 Å². The summed E-state index contributed by atoms with van der Waals surface area (Å²) in [7, 11) is 1.66. The molecule has 0 atom stereocenters. The van der Waals surface area contributed by atoms with Gasteiger partial charge in [0.25, 0.3) is 0 Å². The lowest BCUT2D eigenvalue weighted by molar-refractivity contribution is 0.271. The third-order valence-electron chi connectivity index (χ3n) is 3.14. The molecule has 0 aliphatic heterocycles. The fourth-order valence-corrected chi connectivity index (χ4v) is 2.02. The highest BCUT2D eigenvalue weighted by molar-refractivity contribution is 5.28. The molecule has 5 heteroatoms. The zero-order valence-corrected chi connectivity index (χ0v) is 12.4. The molecular formula is C15H21N3O2. The summed E-state index contributed by atoms with van der Waals surface area (Å²) in [5, 5.41) is 7.36. The van der Waals surface area contributed by atoms with Crippen molar-refractivity contribution < 1.29 is 9.26 Å². The highest BCUT2D eigenvalue weighted by Crippen LogP contribution is 2.19. The van der Waals surface area contributed by atoms with E-state index in [1.54, 1.807) is 7.11 Å². The first-order chi connectivity index (χ1) is 9.55. The predicted octanol–water partition coefficient (Wildman–Crippen LogP) is 2.51. The number of methoxy groups -OCH3 is 1. The molecule has 2 aromatic rings. The fraction of sp³-hybridized carbons (Fsp3) is 0.467. The molecule has 1 aromatic carbocycles. The SMILES string of the molecule is CCNC(C)(C)c1nc(Cc2ccc(OC)cc2)no1. The summed E-state index contributed by atoms with van der Waals surface area (Å²) in [6, 6.07) is 7.87. The number of rotatable bonds is 6. The number of benzene rings is 1. The molecule has 0 amide bonds. The summed E-state index contributed by atoms with van der Waals surface area (Å²) >= 11 is 0. The topological polar surface area (TPSA) is 60.2 Å². The Labute approximate surface area is 119 Å². The van der Waals surface area contributed by atoms with Crippen LogP contribution in [0.1, 0.15) is 38.0 Å². The Hall–Kier alpha value is -1.88. The summed E-state index contributed by atoms with van der Waals surface area (Å²) < 4.78 is 10.5. The van der Waals surface area contributed by atoms with Gasteiger partial charge in [0.2, 0.25) is 5.89 Å². The van der Waals surface area contributed by atoms with Gasteiger partial charge in [0.1, 0.15) is 5.75 Å². The van der Waals surface area contributed by atoms with E-state index in [1.807, 2.05) is 38.1 Å². The molecule has 0 saturated heterocycles. The van der Waals surface area contributed by atoms with Gasteiger partial charge in [0, 0.05) is 6.42 Å². The molecule has 0 saturated carbocycles. The average Bonchev–Trinajstić information content (AvgIpc) is 2.89. The van der Waals surface area contributed by atoms with Crippen molar-refractivity contribution in [2.45, 2.75) is 32.7 Å². The van der Waals surface area contributed by atoms with Gasteiger partial charge < -0.3 is 14.6 Å². The van der Waals surface area contributed by atoms with Gasteiger partial charge in [-0.05, 0) is 38.1 Å². The van der Waals surface area contributed by atoms with Crippen LogP contribution in [0.25, 0.3) is 0 Å². The van der Waals surface area contributed by atoms with E-state index >= 15 is 0 Å². The van der Waals surface area contributed by atoms with Crippen LogP contribution < -0.4 is 10.1 Å². The van der Waals surface area contributed by atoms with E-state index in [0.717, 1.165) is 17.9 Å². The molecule has 1 N–H and O–H groups in total.